The van der Waals surface area contributed by atoms with Gasteiger partial charge in [-0.2, -0.15) is 0 Å². The summed E-state index contributed by atoms with van der Waals surface area (Å²) in [7, 11) is 0. The molecule has 1 saturated carbocycles. The van der Waals surface area contributed by atoms with Crippen molar-refractivity contribution in [2.45, 2.75) is 69.9 Å². The number of rotatable bonds is 3. The molecule has 0 aromatic heterocycles. The van der Waals surface area contributed by atoms with E-state index in [9.17, 15) is 8.78 Å². The molecule has 2 nitrogen and oxygen atoms in total. The Balaban J connectivity index is 1.74. The van der Waals surface area contributed by atoms with E-state index in [2.05, 4.69) is 19.2 Å². The molecule has 0 spiro atoms. The Morgan fingerprint density at radius 1 is 1.22 bits per heavy atom. The third kappa shape index (κ3) is 4.16. The Bertz CT molecular complexity index is 253. The van der Waals surface area contributed by atoms with Gasteiger partial charge >= 0.3 is 0 Å². The van der Waals surface area contributed by atoms with Crippen LogP contribution in [0.1, 0.15) is 52.4 Å². The standard InChI is InChI=1S/C14H25F2NO/c1-13(2)9-12(5-7-18-13)17-10-11-4-3-6-14(15,16)8-11/h11-12,17H,3-10H2,1-2H3. The Hall–Kier alpha value is -0.220. The maximum absolute atomic E-state index is 13.3. The predicted molar refractivity (Wildman–Crippen MR) is 68.0 cm³/mol. The molecule has 106 valence electrons. The lowest BCUT2D eigenvalue weighted by Gasteiger charge is -2.37. The third-order valence-electron chi connectivity index (χ3n) is 4.13. The van der Waals surface area contributed by atoms with Crippen LogP contribution in [0.5, 0.6) is 0 Å². The van der Waals surface area contributed by atoms with Crippen molar-refractivity contribution in [1.82, 2.24) is 5.32 Å². The normalized spacial score (nSPS) is 35.3. The van der Waals surface area contributed by atoms with Gasteiger partial charge in [0.25, 0.3) is 0 Å². The topological polar surface area (TPSA) is 21.3 Å². The minimum atomic E-state index is -2.43. The van der Waals surface area contributed by atoms with E-state index < -0.39 is 5.92 Å². The van der Waals surface area contributed by atoms with Crippen molar-refractivity contribution in [1.29, 1.82) is 0 Å². The zero-order valence-electron chi connectivity index (χ0n) is 11.5. The average molecular weight is 261 g/mol. The first kappa shape index (κ1) is 14.2. The molecule has 2 aliphatic rings. The summed E-state index contributed by atoms with van der Waals surface area (Å²) >= 11 is 0. The van der Waals surface area contributed by atoms with Gasteiger partial charge in [-0.15, -0.1) is 0 Å². The van der Waals surface area contributed by atoms with Gasteiger partial charge in [0.1, 0.15) is 0 Å². The second-order valence-electron chi connectivity index (χ2n) is 6.52. The van der Waals surface area contributed by atoms with Crippen molar-refractivity contribution < 1.29 is 13.5 Å². The number of nitrogens with one attached hydrogen (secondary N) is 1. The summed E-state index contributed by atoms with van der Waals surface area (Å²) in [5.74, 6) is -2.29. The second kappa shape index (κ2) is 5.41. The van der Waals surface area contributed by atoms with Gasteiger partial charge in [-0.3, -0.25) is 0 Å². The van der Waals surface area contributed by atoms with Crippen molar-refractivity contribution in [3.05, 3.63) is 0 Å². The van der Waals surface area contributed by atoms with E-state index in [4.69, 9.17) is 4.74 Å². The molecule has 0 bridgehead atoms. The molecule has 1 aliphatic carbocycles. The Kier molecular flexibility index (Phi) is 4.27. The van der Waals surface area contributed by atoms with Crippen LogP contribution in [0, 0.1) is 5.92 Å². The molecule has 18 heavy (non-hydrogen) atoms. The molecule has 4 heteroatoms. The molecular weight excluding hydrogens is 236 g/mol. The first-order valence-corrected chi connectivity index (χ1v) is 7.11. The van der Waals surface area contributed by atoms with Crippen LogP contribution in [0.2, 0.25) is 0 Å². The summed E-state index contributed by atoms with van der Waals surface area (Å²) in [5, 5.41) is 3.47. The van der Waals surface area contributed by atoms with Crippen LogP contribution < -0.4 is 5.32 Å². The predicted octanol–water partition coefficient (Wildman–Crippen LogP) is 3.36. The van der Waals surface area contributed by atoms with Crippen LogP contribution in [0.25, 0.3) is 0 Å². The van der Waals surface area contributed by atoms with E-state index in [0.29, 0.717) is 12.5 Å². The van der Waals surface area contributed by atoms with Gasteiger partial charge in [-0.25, -0.2) is 8.78 Å². The lowest BCUT2D eigenvalue weighted by molar-refractivity contribution is -0.0678. The zero-order valence-corrected chi connectivity index (χ0v) is 11.5. The molecule has 1 N–H and O–H groups in total. The van der Waals surface area contributed by atoms with Crippen LogP contribution in [0.15, 0.2) is 0 Å². The molecule has 0 amide bonds. The summed E-state index contributed by atoms with van der Waals surface area (Å²) < 4.78 is 32.3. The first-order valence-electron chi connectivity index (χ1n) is 7.11. The van der Waals surface area contributed by atoms with E-state index in [1.807, 2.05) is 0 Å². The number of ether oxygens (including phenoxy) is 1. The van der Waals surface area contributed by atoms with Crippen molar-refractivity contribution in [2.75, 3.05) is 13.2 Å². The fourth-order valence-electron chi connectivity index (χ4n) is 3.19. The highest BCUT2D eigenvalue weighted by molar-refractivity contribution is 4.85. The van der Waals surface area contributed by atoms with Crippen molar-refractivity contribution in [2.24, 2.45) is 5.92 Å². The number of halogens is 2. The molecule has 1 aliphatic heterocycles. The van der Waals surface area contributed by atoms with Gasteiger partial charge < -0.3 is 10.1 Å². The Morgan fingerprint density at radius 3 is 2.67 bits per heavy atom. The van der Waals surface area contributed by atoms with Crippen LogP contribution in [0.3, 0.4) is 0 Å². The van der Waals surface area contributed by atoms with Gasteiger partial charge in [0.15, 0.2) is 0 Å². The van der Waals surface area contributed by atoms with Gasteiger partial charge in [-0.05, 0) is 52.0 Å². The lowest BCUT2D eigenvalue weighted by atomic mass is 9.86. The summed E-state index contributed by atoms with van der Waals surface area (Å²) in [6.45, 7) is 5.69. The zero-order chi connectivity index (χ0) is 13.2. The van der Waals surface area contributed by atoms with Crippen LogP contribution in [0.4, 0.5) is 8.78 Å². The summed E-state index contributed by atoms with van der Waals surface area (Å²) in [6.07, 6.45) is 3.71. The number of alkyl halides is 2. The molecule has 0 radical (unpaired) electrons. The van der Waals surface area contributed by atoms with Gasteiger partial charge in [0.2, 0.25) is 5.92 Å². The van der Waals surface area contributed by atoms with Crippen LogP contribution in [-0.2, 0) is 4.74 Å². The maximum atomic E-state index is 13.3. The molecule has 2 atom stereocenters. The van der Waals surface area contributed by atoms with E-state index in [1.165, 1.54) is 0 Å². The largest absolute Gasteiger partial charge is 0.375 e. The van der Waals surface area contributed by atoms with E-state index in [0.717, 1.165) is 32.4 Å². The highest BCUT2D eigenvalue weighted by atomic mass is 19.3. The Labute approximate surface area is 108 Å². The van der Waals surface area contributed by atoms with Crippen molar-refractivity contribution in [3.8, 4) is 0 Å². The van der Waals surface area contributed by atoms with E-state index >= 15 is 0 Å². The van der Waals surface area contributed by atoms with Crippen LogP contribution >= 0.6 is 0 Å². The molecular formula is C14H25F2NO. The number of hydrogen-bond donors (Lipinski definition) is 1. The molecule has 0 aromatic carbocycles. The SMILES string of the molecule is CC1(C)CC(NCC2CCCC(F)(F)C2)CCO1. The molecule has 1 saturated heterocycles. The number of hydrogen-bond acceptors (Lipinski definition) is 2. The van der Waals surface area contributed by atoms with E-state index in [1.54, 1.807) is 0 Å². The minimum Gasteiger partial charge on any atom is -0.375 e. The lowest BCUT2D eigenvalue weighted by Crippen LogP contribution is -2.45. The van der Waals surface area contributed by atoms with Crippen molar-refractivity contribution in [3.63, 3.8) is 0 Å². The first-order chi connectivity index (χ1) is 8.36. The fourth-order valence-corrected chi connectivity index (χ4v) is 3.19. The quantitative estimate of drug-likeness (QED) is 0.841. The molecule has 0 aromatic rings. The molecule has 2 fully saturated rings. The summed E-state index contributed by atoms with van der Waals surface area (Å²) in [5.41, 5.74) is -0.0770. The fraction of sp³-hybridized carbons (Fsp3) is 1.00. The summed E-state index contributed by atoms with van der Waals surface area (Å²) in [6, 6.07) is 0.421. The maximum Gasteiger partial charge on any atom is 0.248 e. The van der Waals surface area contributed by atoms with Gasteiger partial charge in [0, 0.05) is 25.5 Å². The Morgan fingerprint density at radius 2 is 2.00 bits per heavy atom. The second-order valence-corrected chi connectivity index (χ2v) is 6.52. The molecule has 2 rings (SSSR count). The van der Waals surface area contributed by atoms with Gasteiger partial charge in [0.05, 0.1) is 5.60 Å². The highest BCUT2D eigenvalue weighted by Crippen LogP contribution is 2.36. The molecule has 1 heterocycles. The monoisotopic (exact) mass is 261 g/mol. The van der Waals surface area contributed by atoms with Crippen molar-refractivity contribution >= 4 is 0 Å². The minimum absolute atomic E-state index is 0.0621. The average Bonchev–Trinajstić information content (AvgIpc) is 2.24. The summed E-state index contributed by atoms with van der Waals surface area (Å²) in [4.78, 5) is 0. The van der Waals surface area contributed by atoms with E-state index in [-0.39, 0.29) is 24.4 Å². The smallest absolute Gasteiger partial charge is 0.248 e. The van der Waals surface area contributed by atoms with Crippen LogP contribution in [-0.4, -0.2) is 30.7 Å². The highest BCUT2D eigenvalue weighted by Gasteiger charge is 2.36. The molecule has 2 unspecified atom stereocenters. The van der Waals surface area contributed by atoms with Gasteiger partial charge in [-0.1, -0.05) is 0 Å². The third-order valence-corrected chi connectivity index (χ3v) is 4.13.